The van der Waals surface area contributed by atoms with Gasteiger partial charge in [0.05, 0.1) is 5.70 Å². The van der Waals surface area contributed by atoms with E-state index in [2.05, 4.69) is 24.1 Å². The summed E-state index contributed by atoms with van der Waals surface area (Å²) in [7, 11) is 0. The van der Waals surface area contributed by atoms with Gasteiger partial charge in [-0.1, -0.05) is 59.7 Å². The Bertz CT molecular complexity index is 525. The lowest BCUT2D eigenvalue weighted by molar-refractivity contribution is 1.06. The van der Waals surface area contributed by atoms with Gasteiger partial charge in [-0.05, 0) is 25.8 Å². The molecule has 0 saturated carbocycles. The summed E-state index contributed by atoms with van der Waals surface area (Å²) in [5.41, 5.74) is 11.5. The minimum atomic E-state index is 0.736. The van der Waals surface area contributed by atoms with Crippen molar-refractivity contribution in [2.75, 3.05) is 0 Å². The Morgan fingerprint density at radius 2 is 2.10 bits per heavy atom. The van der Waals surface area contributed by atoms with Crippen LogP contribution in [0.15, 0.2) is 75.6 Å². The fourth-order valence-corrected chi connectivity index (χ4v) is 1.90. The van der Waals surface area contributed by atoms with Gasteiger partial charge in [-0.3, -0.25) is 4.99 Å². The molecule has 1 aliphatic rings. The van der Waals surface area contributed by atoms with E-state index in [1.165, 1.54) is 11.1 Å². The molecule has 0 radical (unpaired) electrons. The number of hydrogen-bond donors (Lipinski definition) is 1. The van der Waals surface area contributed by atoms with Crippen LogP contribution >= 0.6 is 11.6 Å². The number of allylic oxidation sites excluding steroid dienone is 10. The van der Waals surface area contributed by atoms with Crippen molar-refractivity contribution in [2.45, 2.75) is 26.7 Å². The van der Waals surface area contributed by atoms with Gasteiger partial charge >= 0.3 is 0 Å². The minimum absolute atomic E-state index is 0.736. The normalized spacial score (nSPS) is 17.6. The summed E-state index contributed by atoms with van der Waals surface area (Å²) < 4.78 is 0. The maximum Gasteiger partial charge on any atom is 0.0845 e. The molecule has 0 aromatic carbocycles. The van der Waals surface area contributed by atoms with Crippen LogP contribution in [0.25, 0.3) is 0 Å². The number of hydrogen-bond acceptors (Lipinski definition) is 2. The van der Waals surface area contributed by atoms with Crippen molar-refractivity contribution in [1.29, 1.82) is 0 Å². The maximum absolute atomic E-state index is 5.96. The zero-order valence-electron chi connectivity index (χ0n) is 12.0. The van der Waals surface area contributed by atoms with Gasteiger partial charge in [0.2, 0.25) is 0 Å². The van der Waals surface area contributed by atoms with Crippen LogP contribution < -0.4 is 5.73 Å². The molecule has 0 spiro atoms. The van der Waals surface area contributed by atoms with Crippen molar-refractivity contribution in [3.05, 3.63) is 70.6 Å². The van der Waals surface area contributed by atoms with Gasteiger partial charge in [0.15, 0.2) is 0 Å². The summed E-state index contributed by atoms with van der Waals surface area (Å²) in [6.07, 6.45) is 17.4. The van der Waals surface area contributed by atoms with Gasteiger partial charge in [-0.15, -0.1) is 0 Å². The molecule has 20 heavy (non-hydrogen) atoms. The molecule has 0 heterocycles. The summed E-state index contributed by atoms with van der Waals surface area (Å²) in [5.74, 6) is 0. The van der Waals surface area contributed by atoms with Crippen LogP contribution in [0, 0.1) is 0 Å². The minimum Gasteiger partial charge on any atom is -0.401 e. The molecular weight excluding hydrogens is 268 g/mol. The molecule has 2 N–H and O–H groups in total. The summed E-state index contributed by atoms with van der Waals surface area (Å²) in [6.45, 7) is 3.99. The summed E-state index contributed by atoms with van der Waals surface area (Å²) in [4.78, 5) is 4.51. The van der Waals surface area contributed by atoms with Crippen LogP contribution in [0.4, 0.5) is 0 Å². The van der Waals surface area contributed by atoms with Crippen molar-refractivity contribution in [2.24, 2.45) is 10.7 Å². The Kier molecular flexibility index (Phi) is 7.44. The van der Waals surface area contributed by atoms with E-state index in [9.17, 15) is 0 Å². The van der Waals surface area contributed by atoms with Crippen LogP contribution in [-0.2, 0) is 0 Å². The predicted molar refractivity (Wildman–Crippen MR) is 89.7 cm³/mol. The van der Waals surface area contributed by atoms with Crippen LogP contribution in [0.2, 0.25) is 0 Å². The molecule has 1 rings (SSSR count). The second-order valence-electron chi connectivity index (χ2n) is 4.59. The summed E-state index contributed by atoms with van der Waals surface area (Å²) >= 11 is 5.43. The topological polar surface area (TPSA) is 38.4 Å². The number of nitrogens with zero attached hydrogens (tertiary/aromatic N) is 1. The molecule has 0 fully saturated rings. The average Bonchev–Trinajstić information content (AvgIpc) is 2.62. The first-order valence-electron chi connectivity index (χ1n) is 6.59. The second kappa shape index (κ2) is 9.16. The highest BCUT2D eigenvalue weighted by Gasteiger charge is 2.07. The van der Waals surface area contributed by atoms with Gasteiger partial charge in [0.1, 0.15) is 0 Å². The standard InChI is InChI=1S/C17H21ClN2/c1-14-9-5-6-10-16(13-14)17(15(2)19)20-12-8-4-3-7-11-18/h3-7,9-12H,8,13,19H2,1-2H3/b4-3-,11-7+,17-15-,20-12?. The van der Waals surface area contributed by atoms with Gasteiger partial charge in [-0.25, -0.2) is 0 Å². The molecule has 1 aliphatic carbocycles. The number of rotatable bonds is 5. The zero-order chi connectivity index (χ0) is 14.8. The summed E-state index contributed by atoms with van der Waals surface area (Å²) in [6, 6.07) is 0. The fourth-order valence-electron chi connectivity index (χ4n) is 1.81. The monoisotopic (exact) mass is 288 g/mol. The van der Waals surface area contributed by atoms with Crippen LogP contribution in [0.3, 0.4) is 0 Å². The van der Waals surface area contributed by atoms with E-state index in [-0.39, 0.29) is 0 Å². The molecule has 106 valence electrons. The van der Waals surface area contributed by atoms with E-state index in [0.29, 0.717) is 0 Å². The third-order valence-electron chi connectivity index (χ3n) is 2.72. The highest BCUT2D eigenvalue weighted by molar-refractivity contribution is 6.25. The van der Waals surface area contributed by atoms with Gasteiger partial charge in [0, 0.05) is 23.9 Å². The highest BCUT2D eigenvalue weighted by Crippen LogP contribution is 2.23. The molecule has 0 aromatic rings. The lowest BCUT2D eigenvalue weighted by Crippen LogP contribution is -2.00. The number of aliphatic imine (C=N–C) groups is 1. The Labute approximate surface area is 126 Å². The molecule has 3 heteroatoms. The molecule has 2 nitrogen and oxygen atoms in total. The van der Waals surface area contributed by atoms with E-state index in [0.717, 1.165) is 29.8 Å². The van der Waals surface area contributed by atoms with Crippen molar-refractivity contribution >= 4 is 17.8 Å². The number of nitrogens with two attached hydrogens (primary N) is 1. The second-order valence-corrected chi connectivity index (χ2v) is 4.84. The quantitative estimate of drug-likeness (QED) is 0.574. The first-order valence-corrected chi connectivity index (χ1v) is 7.03. The molecule has 0 unspecified atom stereocenters. The molecule has 0 aromatic heterocycles. The third-order valence-corrected chi connectivity index (χ3v) is 2.86. The zero-order valence-corrected chi connectivity index (χ0v) is 12.8. The average molecular weight is 289 g/mol. The highest BCUT2D eigenvalue weighted by atomic mass is 35.5. The smallest absolute Gasteiger partial charge is 0.0845 e. The van der Waals surface area contributed by atoms with Crippen LogP contribution in [0.5, 0.6) is 0 Å². The van der Waals surface area contributed by atoms with Crippen molar-refractivity contribution in [3.63, 3.8) is 0 Å². The van der Waals surface area contributed by atoms with Gasteiger partial charge in [-0.2, -0.15) is 0 Å². The fraction of sp³-hybridized carbons (Fsp3) is 0.235. The molecule has 0 atom stereocenters. The maximum atomic E-state index is 5.96. The molecule has 0 bridgehead atoms. The Hall–Kier alpha value is -1.80. The van der Waals surface area contributed by atoms with Crippen molar-refractivity contribution in [3.8, 4) is 0 Å². The number of halogens is 1. The molecule has 0 aliphatic heterocycles. The first-order chi connectivity index (χ1) is 9.65. The summed E-state index contributed by atoms with van der Waals surface area (Å²) in [5, 5.41) is 0. The Morgan fingerprint density at radius 3 is 2.80 bits per heavy atom. The predicted octanol–water partition coefficient (Wildman–Crippen LogP) is 4.78. The van der Waals surface area contributed by atoms with E-state index in [1.807, 2.05) is 37.4 Å². The van der Waals surface area contributed by atoms with Gasteiger partial charge < -0.3 is 5.73 Å². The van der Waals surface area contributed by atoms with Gasteiger partial charge in [0.25, 0.3) is 0 Å². The van der Waals surface area contributed by atoms with E-state index in [4.69, 9.17) is 17.3 Å². The lowest BCUT2D eigenvalue weighted by Gasteiger charge is -2.09. The Morgan fingerprint density at radius 1 is 1.35 bits per heavy atom. The van der Waals surface area contributed by atoms with E-state index >= 15 is 0 Å². The largest absolute Gasteiger partial charge is 0.401 e. The van der Waals surface area contributed by atoms with E-state index < -0.39 is 0 Å². The third kappa shape index (κ3) is 5.89. The molecule has 0 amide bonds. The lowest BCUT2D eigenvalue weighted by atomic mass is 10.0. The van der Waals surface area contributed by atoms with Crippen molar-refractivity contribution in [1.82, 2.24) is 0 Å². The first kappa shape index (κ1) is 16.3. The molecule has 0 saturated heterocycles. The molecular formula is C17H21ClN2. The van der Waals surface area contributed by atoms with Crippen LogP contribution in [-0.4, -0.2) is 6.21 Å². The van der Waals surface area contributed by atoms with Crippen molar-refractivity contribution < 1.29 is 0 Å². The Balaban J connectivity index is 2.79. The van der Waals surface area contributed by atoms with Crippen LogP contribution in [0.1, 0.15) is 26.7 Å². The SMILES string of the molecule is CC1=CC=CC=C(/C(N=CC/C=C\C=C\Cl)=C(\C)N)C1. The van der Waals surface area contributed by atoms with E-state index in [1.54, 1.807) is 6.08 Å².